The van der Waals surface area contributed by atoms with Crippen molar-refractivity contribution in [2.45, 2.75) is 40.0 Å². The fourth-order valence-electron chi connectivity index (χ4n) is 0.934. The van der Waals surface area contributed by atoms with Crippen molar-refractivity contribution >= 4 is 10.9 Å². The van der Waals surface area contributed by atoms with Crippen LogP contribution in [0, 0.1) is 12.2 Å². The van der Waals surface area contributed by atoms with Crippen LogP contribution in [-0.2, 0) is 0 Å². The molecule has 0 aliphatic heterocycles. The zero-order valence-corrected chi connectivity index (χ0v) is 9.16. The molecule has 0 saturated carbocycles. The Morgan fingerprint density at radius 1 is 1.27 bits per heavy atom. The Hall–Kier alpha value is 0.350. The number of unbranched alkanes of at least 4 members (excludes halogenated alkanes) is 1. The van der Waals surface area contributed by atoms with Crippen LogP contribution < -0.4 is 0 Å². The minimum atomic E-state index is 0.131. The summed E-state index contributed by atoms with van der Waals surface area (Å²) in [6.45, 7) is 6.84. The lowest BCUT2D eigenvalue weighted by atomic mass is 10.2. The smallest absolute Gasteiger partial charge is 0.0178 e. The third-order valence-corrected chi connectivity index (χ3v) is 3.69. The van der Waals surface area contributed by atoms with Crippen molar-refractivity contribution in [1.29, 1.82) is 0 Å². The lowest BCUT2D eigenvalue weighted by Crippen LogP contribution is -1.95. The van der Waals surface area contributed by atoms with E-state index >= 15 is 0 Å². The molecule has 0 aromatic heterocycles. The van der Waals surface area contributed by atoms with E-state index in [1.807, 2.05) is 0 Å². The topological polar surface area (TPSA) is 0 Å². The van der Waals surface area contributed by atoms with Crippen molar-refractivity contribution in [3.05, 3.63) is 6.26 Å². The van der Waals surface area contributed by atoms with Gasteiger partial charge in [0.15, 0.2) is 0 Å². The van der Waals surface area contributed by atoms with Crippen LogP contribution in [0.1, 0.15) is 40.0 Å². The van der Waals surface area contributed by atoms with Gasteiger partial charge in [-0.1, -0.05) is 27.2 Å². The van der Waals surface area contributed by atoms with Crippen LogP contribution >= 0.6 is 10.9 Å². The molecule has 0 aliphatic carbocycles. The maximum Gasteiger partial charge on any atom is -0.0178 e. The fraction of sp³-hybridized carbons (Fsp3) is 0.900. The summed E-state index contributed by atoms with van der Waals surface area (Å²) in [5, 5.41) is 0. The molecule has 11 heavy (non-hydrogen) atoms. The molecular weight excluding hydrogens is 152 g/mol. The quantitative estimate of drug-likeness (QED) is 0.586. The van der Waals surface area contributed by atoms with Gasteiger partial charge in [-0.15, -0.1) is 0 Å². The van der Waals surface area contributed by atoms with E-state index in [1.165, 1.54) is 30.8 Å². The Morgan fingerprint density at radius 3 is 2.36 bits per heavy atom. The van der Waals surface area contributed by atoms with Crippen LogP contribution in [-0.4, -0.2) is 11.5 Å². The fourth-order valence-corrected chi connectivity index (χ4v) is 2.80. The van der Waals surface area contributed by atoms with Crippen molar-refractivity contribution in [3.8, 4) is 0 Å². The number of hydrogen-bond donors (Lipinski definition) is 1. The summed E-state index contributed by atoms with van der Waals surface area (Å²) in [5.74, 6) is 3.63. The van der Waals surface area contributed by atoms with Gasteiger partial charge in [0, 0.05) is 0 Å². The molecule has 0 aromatic rings. The molecule has 69 valence electrons. The van der Waals surface area contributed by atoms with Gasteiger partial charge in [0.05, 0.1) is 0 Å². The molecule has 0 rings (SSSR count). The van der Waals surface area contributed by atoms with Crippen molar-refractivity contribution in [2.24, 2.45) is 5.92 Å². The van der Waals surface area contributed by atoms with Gasteiger partial charge < -0.3 is 0 Å². The molecule has 0 N–H and O–H groups in total. The van der Waals surface area contributed by atoms with E-state index in [0.717, 1.165) is 5.92 Å². The summed E-state index contributed by atoms with van der Waals surface area (Å²) in [5.41, 5.74) is 0. The molecule has 1 unspecified atom stereocenters. The molecule has 1 heteroatoms. The second-order valence-electron chi connectivity index (χ2n) is 3.65. The van der Waals surface area contributed by atoms with Crippen molar-refractivity contribution in [1.82, 2.24) is 0 Å². The molecule has 0 spiro atoms. The summed E-state index contributed by atoms with van der Waals surface area (Å²) in [7, 11) is 0.131. The normalized spacial score (nSPS) is 15.5. The first-order chi connectivity index (χ1) is 5.16. The Bertz CT molecular complexity index is 78.9. The SMILES string of the molecule is [CH2][SH](CCCC)CCC(C)C. The maximum atomic E-state index is 4.21. The monoisotopic (exact) mass is 175 g/mol. The largest absolute Gasteiger partial charge is 0.253 e. The van der Waals surface area contributed by atoms with E-state index in [0.29, 0.717) is 0 Å². The van der Waals surface area contributed by atoms with E-state index in [1.54, 1.807) is 0 Å². The van der Waals surface area contributed by atoms with Gasteiger partial charge in [0.2, 0.25) is 0 Å². The van der Waals surface area contributed by atoms with E-state index in [2.05, 4.69) is 27.0 Å². The molecule has 1 atom stereocenters. The van der Waals surface area contributed by atoms with Crippen LogP contribution in [0.5, 0.6) is 0 Å². The van der Waals surface area contributed by atoms with Gasteiger partial charge in [0.1, 0.15) is 0 Å². The first-order valence-electron chi connectivity index (χ1n) is 4.72. The summed E-state index contributed by atoms with van der Waals surface area (Å²) < 4.78 is 0. The number of rotatable bonds is 6. The second-order valence-corrected chi connectivity index (χ2v) is 5.89. The standard InChI is InChI=1S/C10H23S/c1-5-6-8-11(4)9-7-10(2)3/h10-11H,4-9H2,1-3H3. The summed E-state index contributed by atoms with van der Waals surface area (Å²) >= 11 is 0. The van der Waals surface area contributed by atoms with E-state index in [9.17, 15) is 0 Å². The Kier molecular flexibility index (Phi) is 7.25. The van der Waals surface area contributed by atoms with Gasteiger partial charge in [-0.3, -0.25) is 10.9 Å². The molecule has 0 bridgehead atoms. The average Bonchev–Trinajstić information content (AvgIpc) is 1.97. The summed E-state index contributed by atoms with van der Waals surface area (Å²) in [6, 6.07) is 0. The molecule has 0 amide bonds. The average molecular weight is 175 g/mol. The molecule has 0 aromatic carbocycles. The lowest BCUT2D eigenvalue weighted by molar-refractivity contribution is 0.631. The Labute approximate surface area is 75.1 Å². The number of hydrogen-bond acceptors (Lipinski definition) is 0. The first kappa shape index (κ1) is 11.4. The summed E-state index contributed by atoms with van der Waals surface area (Å²) in [4.78, 5) is 0. The number of thiol groups is 1. The Morgan fingerprint density at radius 2 is 1.91 bits per heavy atom. The van der Waals surface area contributed by atoms with Crippen LogP contribution in [0.4, 0.5) is 0 Å². The molecule has 0 saturated heterocycles. The Balaban J connectivity index is 3.15. The molecule has 0 heterocycles. The van der Waals surface area contributed by atoms with Crippen LogP contribution in [0.15, 0.2) is 0 Å². The first-order valence-corrected chi connectivity index (χ1v) is 6.62. The zero-order chi connectivity index (χ0) is 8.69. The van der Waals surface area contributed by atoms with Crippen LogP contribution in [0.2, 0.25) is 0 Å². The minimum absolute atomic E-state index is 0.131. The zero-order valence-electron chi connectivity index (χ0n) is 8.27. The van der Waals surface area contributed by atoms with E-state index < -0.39 is 0 Å². The summed E-state index contributed by atoms with van der Waals surface area (Å²) in [6.07, 6.45) is 8.30. The van der Waals surface area contributed by atoms with Gasteiger partial charge >= 0.3 is 0 Å². The van der Waals surface area contributed by atoms with Crippen molar-refractivity contribution in [2.75, 3.05) is 11.5 Å². The van der Waals surface area contributed by atoms with Crippen LogP contribution in [0.3, 0.4) is 0 Å². The van der Waals surface area contributed by atoms with Gasteiger partial charge in [-0.05, 0) is 36.5 Å². The third-order valence-electron chi connectivity index (χ3n) is 1.85. The lowest BCUT2D eigenvalue weighted by Gasteiger charge is -2.16. The highest BCUT2D eigenvalue weighted by Gasteiger charge is 1.98. The predicted octanol–water partition coefficient (Wildman–Crippen LogP) is 3.63. The minimum Gasteiger partial charge on any atom is -0.253 e. The highest BCUT2D eigenvalue weighted by Crippen LogP contribution is 2.26. The van der Waals surface area contributed by atoms with Gasteiger partial charge in [0.25, 0.3) is 0 Å². The van der Waals surface area contributed by atoms with Crippen molar-refractivity contribution in [3.63, 3.8) is 0 Å². The van der Waals surface area contributed by atoms with E-state index in [4.69, 9.17) is 0 Å². The van der Waals surface area contributed by atoms with Crippen molar-refractivity contribution < 1.29 is 0 Å². The molecule has 0 fully saturated rings. The molecule has 0 nitrogen and oxygen atoms in total. The van der Waals surface area contributed by atoms with Crippen LogP contribution in [0.25, 0.3) is 0 Å². The van der Waals surface area contributed by atoms with Gasteiger partial charge in [-0.25, -0.2) is 0 Å². The maximum absolute atomic E-state index is 4.21. The molecule has 0 aliphatic rings. The third kappa shape index (κ3) is 8.25. The highest BCUT2D eigenvalue weighted by atomic mass is 32.2. The van der Waals surface area contributed by atoms with Gasteiger partial charge in [-0.2, -0.15) is 0 Å². The predicted molar refractivity (Wildman–Crippen MR) is 58.4 cm³/mol. The van der Waals surface area contributed by atoms with E-state index in [-0.39, 0.29) is 10.9 Å². The second kappa shape index (κ2) is 7.02. The molecular formula is C10H23S. The highest BCUT2D eigenvalue weighted by molar-refractivity contribution is 8.18. The molecule has 1 radical (unpaired) electrons.